The lowest BCUT2D eigenvalue weighted by Gasteiger charge is -2.04. The molecule has 0 aliphatic carbocycles. The number of hydrogen-bond acceptors (Lipinski definition) is 3. The molecule has 6 nitrogen and oxygen atoms in total. The topological polar surface area (TPSA) is 86.3 Å². The maximum absolute atomic E-state index is 11.9. The van der Waals surface area contributed by atoms with Crippen LogP contribution in [0.1, 0.15) is 21.6 Å². The molecule has 1 heterocycles. The predicted molar refractivity (Wildman–Crippen MR) is 103 cm³/mol. The molecule has 0 radical (unpaired) electrons. The Balaban J connectivity index is 1.55. The van der Waals surface area contributed by atoms with Gasteiger partial charge in [-0.15, -0.1) is 0 Å². The molecular weight excluding hydrogens is 352 g/mol. The fourth-order valence-corrected chi connectivity index (χ4v) is 2.66. The SMILES string of the molecule is Cc1[nH]c2ccccc2c1/C=N\NC(=O)CNC(=O)c1ccc(Cl)cc1. The molecule has 0 atom stereocenters. The zero-order chi connectivity index (χ0) is 18.5. The van der Waals surface area contributed by atoms with Crippen molar-refractivity contribution in [1.29, 1.82) is 0 Å². The average Bonchev–Trinajstić information content (AvgIpc) is 2.96. The fraction of sp³-hybridized carbons (Fsp3) is 0.105. The van der Waals surface area contributed by atoms with Gasteiger partial charge in [0.2, 0.25) is 0 Å². The summed E-state index contributed by atoms with van der Waals surface area (Å²) in [5.41, 5.74) is 5.71. The molecule has 0 saturated heterocycles. The number of aromatic nitrogens is 1. The van der Waals surface area contributed by atoms with Crippen LogP contribution in [-0.2, 0) is 4.79 Å². The summed E-state index contributed by atoms with van der Waals surface area (Å²) in [5, 5.41) is 8.07. The standard InChI is InChI=1S/C19H17ClN4O2/c1-12-16(15-4-2-3-5-17(15)23-12)10-22-24-18(25)11-21-19(26)13-6-8-14(20)9-7-13/h2-10,23H,11H2,1H3,(H,21,26)(H,24,25)/b22-10-. The summed E-state index contributed by atoms with van der Waals surface area (Å²) in [5.74, 6) is -0.769. The van der Waals surface area contributed by atoms with Crippen LogP contribution in [0.5, 0.6) is 0 Å². The molecule has 0 aliphatic heterocycles. The molecule has 26 heavy (non-hydrogen) atoms. The third-order valence-electron chi connectivity index (χ3n) is 3.84. The lowest BCUT2D eigenvalue weighted by Crippen LogP contribution is -2.34. The quantitative estimate of drug-likeness (QED) is 0.477. The van der Waals surface area contributed by atoms with Crippen LogP contribution in [0.2, 0.25) is 5.02 Å². The maximum atomic E-state index is 11.9. The Morgan fingerprint density at radius 3 is 2.65 bits per heavy atom. The Bertz CT molecular complexity index is 977. The van der Waals surface area contributed by atoms with Gasteiger partial charge in [-0.05, 0) is 37.3 Å². The van der Waals surface area contributed by atoms with E-state index in [0.717, 1.165) is 22.2 Å². The molecule has 2 amide bonds. The van der Waals surface area contributed by atoms with Gasteiger partial charge < -0.3 is 10.3 Å². The number of para-hydroxylation sites is 1. The number of rotatable bonds is 5. The number of benzene rings is 2. The summed E-state index contributed by atoms with van der Waals surface area (Å²) < 4.78 is 0. The summed E-state index contributed by atoms with van der Waals surface area (Å²) in [6.07, 6.45) is 1.59. The third-order valence-corrected chi connectivity index (χ3v) is 4.09. The predicted octanol–water partition coefficient (Wildman–Crippen LogP) is 3.01. The Morgan fingerprint density at radius 2 is 1.88 bits per heavy atom. The van der Waals surface area contributed by atoms with Crippen molar-refractivity contribution in [2.24, 2.45) is 5.10 Å². The van der Waals surface area contributed by atoms with Gasteiger partial charge in [-0.3, -0.25) is 9.59 Å². The van der Waals surface area contributed by atoms with E-state index in [4.69, 9.17) is 11.6 Å². The summed E-state index contributed by atoms with van der Waals surface area (Å²) in [6, 6.07) is 14.3. The molecule has 3 N–H and O–H groups in total. The molecule has 3 rings (SSSR count). The third kappa shape index (κ3) is 4.10. The Hall–Kier alpha value is -3.12. The van der Waals surface area contributed by atoms with Gasteiger partial charge >= 0.3 is 0 Å². The monoisotopic (exact) mass is 368 g/mol. The number of amides is 2. The molecular formula is C19H17ClN4O2. The van der Waals surface area contributed by atoms with Gasteiger partial charge in [0.25, 0.3) is 11.8 Å². The first kappa shape index (κ1) is 17.7. The normalized spacial score (nSPS) is 11.0. The van der Waals surface area contributed by atoms with Crippen molar-refractivity contribution in [2.75, 3.05) is 6.54 Å². The second kappa shape index (κ2) is 7.84. The highest BCUT2D eigenvalue weighted by Gasteiger charge is 2.08. The van der Waals surface area contributed by atoms with Crippen LogP contribution < -0.4 is 10.7 Å². The van der Waals surface area contributed by atoms with Crippen LogP contribution in [0.25, 0.3) is 10.9 Å². The van der Waals surface area contributed by atoms with Crippen molar-refractivity contribution in [1.82, 2.24) is 15.7 Å². The Morgan fingerprint density at radius 1 is 1.15 bits per heavy atom. The zero-order valence-electron chi connectivity index (χ0n) is 14.0. The number of aryl methyl sites for hydroxylation is 1. The number of hydrogen-bond donors (Lipinski definition) is 3. The number of aromatic amines is 1. The molecule has 1 aromatic heterocycles. The first-order valence-corrected chi connectivity index (χ1v) is 8.35. The average molecular weight is 369 g/mol. The van der Waals surface area contributed by atoms with Crippen LogP contribution >= 0.6 is 11.6 Å². The number of carbonyl (C=O) groups excluding carboxylic acids is 2. The highest BCUT2D eigenvalue weighted by molar-refractivity contribution is 6.30. The highest BCUT2D eigenvalue weighted by atomic mass is 35.5. The Kier molecular flexibility index (Phi) is 5.34. The van der Waals surface area contributed by atoms with Crippen molar-refractivity contribution in [3.8, 4) is 0 Å². The van der Waals surface area contributed by atoms with Crippen LogP contribution in [0.15, 0.2) is 53.6 Å². The number of nitrogens with zero attached hydrogens (tertiary/aromatic N) is 1. The van der Waals surface area contributed by atoms with Crippen molar-refractivity contribution in [3.05, 3.63) is 70.4 Å². The molecule has 3 aromatic rings. The van der Waals surface area contributed by atoms with E-state index < -0.39 is 5.91 Å². The van der Waals surface area contributed by atoms with Crippen molar-refractivity contribution in [2.45, 2.75) is 6.92 Å². The van der Waals surface area contributed by atoms with Crippen molar-refractivity contribution < 1.29 is 9.59 Å². The second-order valence-electron chi connectivity index (χ2n) is 5.69. The number of hydrazone groups is 1. The minimum Gasteiger partial charge on any atom is -0.358 e. The highest BCUT2D eigenvalue weighted by Crippen LogP contribution is 2.19. The summed E-state index contributed by atoms with van der Waals surface area (Å²) >= 11 is 5.78. The van der Waals surface area contributed by atoms with E-state index in [1.165, 1.54) is 0 Å². The molecule has 7 heteroatoms. The van der Waals surface area contributed by atoms with Crippen molar-refractivity contribution >= 4 is 40.5 Å². The molecule has 0 aliphatic rings. The van der Waals surface area contributed by atoms with E-state index in [1.54, 1.807) is 30.5 Å². The van der Waals surface area contributed by atoms with E-state index in [9.17, 15) is 9.59 Å². The summed E-state index contributed by atoms with van der Waals surface area (Å²) in [6.45, 7) is 1.77. The van der Waals surface area contributed by atoms with Crippen LogP contribution in [0, 0.1) is 6.92 Å². The molecule has 0 fully saturated rings. The first-order valence-electron chi connectivity index (χ1n) is 7.97. The largest absolute Gasteiger partial charge is 0.358 e. The number of carbonyl (C=O) groups is 2. The van der Waals surface area contributed by atoms with Crippen LogP contribution in [0.3, 0.4) is 0 Å². The molecule has 132 valence electrons. The first-order chi connectivity index (χ1) is 12.5. The van der Waals surface area contributed by atoms with Gasteiger partial charge in [-0.25, -0.2) is 5.43 Å². The fourth-order valence-electron chi connectivity index (χ4n) is 2.54. The van der Waals surface area contributed by atoms with Gasteiger partial charge in [0.15, 0.2) is 0 Å². The van der Waals surface area contributed by atoms with Gasteiger partial charge in [0, 0.05) is 32.7 Å². The van der Waals surface area contributed by atoms with Gasteiger partial charge in [0.1, 0.15) is 0 Å². The van der Waals surface area contributed by atoms with E-state index in [1.807, 2.05) is 31.2 Å². The lowest BCUT2D eigenvalue weighted by molar-refractivity contribution is -0.120. The van der Waals surface area contributed by atoms with Gasteiger partial charge in [-0.1, -0.05) is 29.8 Å². The van der Waals surface area contributed by atoms with Crippen molar-refractivity contribution in [3.63, 3.8) is 0 Å². The van der Waals surface area contributed by atoms with E-state index in [0.29, 0.717) is 10.6 Å². The summed E-state index contributed by atoms with van der Waals surface area (Å²) in [4.78, 5) is 27.0. The van der Waals surface area contributed by atoms with Gasteiger partial charge in [-0.2, -0.15) is 5.10 Å². The molecule has 0 unspecified atom stereocenters. The molecule has 0 spiro atoms. The second-order valence-corrected chi connectivity index (χ2v) is 6.13. The van der Waals surface area contributed by atoms with E-state index in [-0.39, 0.29) is 12.5 Å². The number of H-pyrrole nitrogens is 1. The Labute approximate surface area is 155 Å². The minimum atomic E-state index is -0.416. The van der Waals surface area contributed by atoms with Crippen LogP contribution in [0.4, 0.5) is 0 Å². The van der Waals surface area contributed by atoms with E-state index in [2.05, 4.69) is 20.8 Å². The number of nitrogens with one attached hydrogen (secondary N) is 3. The molecule has 0 saturated carbocycles. The number of halogens is 1. The van der Waals surface area contributed by atoms with Crippen LogP contribution in [-0.4, -0.2) is 29.6 Å². The van der Waals surface area contributed by atoms with E-state index >= 15 is 0 Å². The zero-order valence-corrected chi connectivity index (χ0v) is 14.8. The number of fused-ring (bicyclic) bond motifs is 1. The maximum Gasteiger partial charge on any atom is 0.259 e. The molecule has 2 aromatic carbocycles. The molecule has 0 bridgehead atoms. The summed E-state index contributed by atoms with van der Waals surface area (Å²) in [7, 11) is 0. The minimum absolute atomic E-state index is 0.175. The smallest absolute Gasteiger partial charge is 0.259 e. The lowest BCUT2D eigenvalue weighted by atomic mass is 10.1. The van der Waals surface area contributed by atoms with Gasteiger partial charge in [0.05, 0.1) is 12.8 Å².